The van der Waals surface area contributed by atoms with Gasteiger partial charge in [0.15, 0.2) is 5.60 Å². The second-order valence-electron chi connectivity index (χ2n) is 8.26. The van der Waals surface area contributed by atoms with Crippen LogP contribution in [-0.4, -0.2) is 40.0 Å². The normalized spacial score (nSPS) is 19.6. The summed E-state index contributed by atoms with van der Waals surface area (Å²) in [5, 5.41) is 9.37. The van der Waals surface area contributed by atoms with Crippen LogP contribution < -0.4 is 0 Å². The molecule has 0 aliphatic heterocycles. The molecule has 1 aliphatic rings. The topological polar surface area (TPSA) is 72.8 Å². The van der Waals surface area contributed by atoms with Gasteiger partial charge in [-0.25, -0.2) is 4.79 Å². The van der Waals surface area contributed by atoms with Crippen molar-refractivity contribution < 1.29 is 37.3 Å². The molecule has 0 radical (unpaired) electrons. The summed E-state index contributed by atoms with van der Waals surface area (Å²) in [7, 11) is 0. The summed E-state index contributed by atoms with van der Waals surface area (Å²) in [4.78, 5) is 24.2. The second-order valence-corrected chi connectivity index (χ2v) is 8.26. The van der Waals surface area contributed by atoms with Crippen LogP contribution in [0.2, 0.25) is 0 Å². The van der Waals surface area contributed by atoms with E-state index in [0.29, 0.717) is 6.92 Å². The summed E-state index contributed by atoms with van der Waals surface area (Å²) in [6.07, 6.45) is -1.20. The van der Waals surface area contributed by atoms with Crippen molar-refractivity contribution in [1.82, 2.24) is 0 Å². The van der Waals surface area contributed by atoms with Crippen molar-refractivity contribution in [3.05, 3.63) is 0 Å². The van der Waals surface area contributed by atoms with Crippen LogP contribution in [0.1, 0.15) is 73.1 Å². The number of hydrogen-bond donors (Lipinski definition) is 1. The first-order valence-corrected chi connectivity index (χ1v) is 8.83. The van der Waals surface area contributed by atoms with Gasteiger partial charge < -0.3 is 14.6 Å². The second kappa shape index (κ2) is 7.74. The monoisotopic (exact) mass is 382 g/mol. The van der Waals surface area contributed by atoms with Crippen LogP contribution in [0.25, 0.3) is 0 Å². The molecule has 1 unspecified atom stereocenters. The van der Waals surface area contributed by atoms with Gasteiger partial charge in [-0.1, -0.05) is 19.3 Å². The van der Waals surface area contributed by atoms with Gasteiger partial charge in [0.05, 0.1) is 6.42 Å². The van der Waals surface area contributed by atoms with E-state index < -0.39 is 41.3 Å². The van der Waals surface area contributed by atoms with Gasteiger partial charge in [-0.2, -0.15) is 13.2 Å². The molecule has 8 heteroatoms. The lowest BCUT2D eigenvalue weighted by Gasteiger charge is -2.38. The first-order valence-electron chi connectivity index (χ1n) is 8.83. The Morgan fingerprint density at radius 1 is 0.962 bits per heavy atom. The molecule has 26 heavy (non-hydrogen) atoms. The molecule has 1 saturated carbocycles. The number of rotatable bonds is 6. The minimum absolute atomic E-state index is 0.178. The van der Waals surface area contributed by atoms with E-state index in [0.717, 1.165) is 32.1 Å². The number of esters is 2. The van der Waals surface area contributed by atoms with Crippen LogP contribution >= 0.6 is 0 Å². The Morgan fingerprint density at radius 2 is 1.46 bits per heavy atom. The lowest BCUT2D eigenvalue weighted by atomic mass is 9.78. The van der Waals surface area contributed by atoms with Crippen LogP contribution in [0.5, 0.6) is 0 Å². The molecular formula is C18H29F3O5. The van der Waals surface area contributed by atoms with Crippen molar-refractivity contribution in [3.8, 4) is 0 Å². The minimum atomic E-state index is -4.99. The summed E-state index contributed by atoms with van der Waals surface area (Å²) in [6, 6.07) is 0. The Hall–Kier alpha value is -1.31. The molecule has 0 aromatic rings. The number of ether oxygens (including phenoxy) is 2. The molecule has 1 aliphatic carbocycles. The van der Waals surface area contributed by atoms with Crippen molar-refractivity contribution in [3.63, 3.8) is 0 Å². The fourth-order valence-electron chi connectivity index (χ4n) is 2.99. The summed E-state index contributed by atoms with van der Waals surface area (Å²) < 4.78 is 48.4. The van der Waals surface area contributed by atoms with E-state index in [9.17, 15) is 27.9 Å². The Balaban J connectivity index is 2.71. The number of aliphatic hydroxyl groups is 1. The molecule has 1 atom stereocenters. The van der Waals surface area contributed by atoms with E-state index in [1.807, 2.05) is 0 Å². The predicted molar refractivity (Wildman–Crippen MR) is 88.2 cm³/mol. The third-order valence-electron chi connectivity index (χ3n) is 4.90. The molecule has 1 fully saturated rings. The minimum Gasteiger partial charge on any atom is -0.456 e. The quantitative estimate of drug-likeness (QED) is 0.705. The van der Waals surface area contributed by atoms with E-state index >= 15 is 0 Å². The van der Waals surface area contributed by atoms with Crippen LogP contribution in [0.3, 0.4) is 0 Å². The van der Waals surface area contributed by atoms with Gasteiger partial charge in [-0.05, 0) is 53.4 Å². The highest BCUT2D eigenvalue weighted by molar-refractivity contribution is 5.83. The Bertz CT molecular complexity index is 517. The van der Waals surface area contributed by atoms with Gasteiger partial charge in [0.25, 0.3) is 0 Å². The Morgan fingerprint density at radius 3 is 1.92 bits per heavy atom. The largest absolute Gasteiger partial charge is 0.456 e. The van der Waals surface area contributed by atoms with E-state index in [1.165, 1.54) is 13.8 Å². The summed E-state index contributed by atoms with van der Waals surface area (Å²) in [5.74, 6) is -1.98. The molecule has 0 saturated heterocycles. The third kappa shape index (κ3) is 5.86. The molecule has 5 nitrogen and oxygen atoms in total. The molecule has 0 bridgehead atoms. The Labute approximate surface area is 152 Å². The smallest absolute Gasteiger partial charge is 0.417 e. The number of carbonyl (C=O) groups is 2. The first kappa shape index (κ1) is 22.7. The highest BCUT2D eigenvalue weighted by Crippen LogP contribution is 2.36. The van der Waals surface area contributed by atoms with Gasteiger partial charge >= 0.3 is 18.1 Å². The average Bonchev–Trinajstić information content (AvgIpc) is 2.45. The van der Waals surface area contributed by atoms with E-state index in [2.05, 4.69) is 0 Å². The number of halogens is 3. The van der Waals surface area contributed by atoms with Crippen molar-refractivity contribution in [2.75, 3.05) is 0 Å². The third-order valence-corrected chi connectivity index (χ3v) is 4.90. The van der Waals surface area contributed by atoms with Gasteiger partial charge in [0.2, 0.25) is 5.60 Å². The highest BCUT2D eigenvalue weighted by atomic mass is 19.4. The summed E-state index contributed by atoms with van der Waals surface area (Å²) >= 11 is 0. The lowest BCUT2D eigenvalue weighted by Crippen LogP contribution is -2.48. The number of hydrogen-bond acceptors (Lipinski definition) is 5. The van der Waals surface area contributed by atoms with E-state index in [1.54, 1.807) is 13.8 Å². The van der Waals surface area contributed by atoms with Crippen LogP contribution in [-0.2, 0) is 19.1 Å². The molecule has 0 spiro atoms. The zero-order valence-corrected chi connectivity index (χ0v) is 16.0. The first-order chi connectivity index (χ1) is 11.6. The average molecular weight is 382 g/mol. The molecule has 0 aromatic carbocycles. The maximum Gasteiger partial charge on any atom is 0.417 e. The van der Waals surface area contributed by atoms with Crippen molar-refractivity contribution >= 4 is 11.9 Å². The maximum absolute atomic E-state index is 12.7. The molecular weight excluding hydrogens is 353 g/mol. The molecule has 1 N–H and O–H groups in total. The fraction of sp³-hybridized carbons (Fsp3) is 0.889. The van der Waals surface area contributed by atoms with Crippen molar-refractivity contribution in [2.45, 2.75) is 96.1 Å². The van der Waals surface area contributed by atoms with Crippen molar-refractivity contribution in [1.29, 1.82) is 0 Å². The lowest BCUT2D eigenvalue weighted by molar-refractivity contribution is -0.257. The van der Waals surface area contributed by atoms with Gasteiger partial charge in [-0.15, -0.1) is 0 Å². The maximum atomic E-state index is 12.7. The molecule has 0 heterocycles. The molecule has 0 amide bonds. The zero-order valence-electron chi connectivity index (χ0n) is 16.0. The standard InChI is InChI=1S/C18H29F3O5/c1-15(2,12-9-7-6-8-10-12)26-14(23)16(3,4)25-13(22)11-17(5,24)18(19,20)21/h12,24H,6-11H2,1-5H3. The number of alkyl halides is 3. The molecule has 152 valence electrons. The SMILES string of the molecule is CC(C)(OC(=O)CC(C)(O)C(F)(F)F)C(=O)OC(C)(C)C1CCCCC1. The van der Waals surface area contributed by atoms with Crippen molar-refractivity contribution in [2.24, 2.45) is 5.92 Å². The van der Waals surface area contributed by atoms with Crippen LogP contribution in [0, 0.1) is 5.92 Å². The van der Waals surface area contributed by atoms with Crippen LogP contribution in [0.15, 0.2) is 0 Å². The summed E-state index contributed by atoms with van der Waals surface area (Å²) in [5.41, 5.74) is -5.76. The van der Waals surface area contributed by atoms with Gasteiger partial charge in [-0.3, -0.25) is 4.79 Å². The van der Waals surface area contributed by atoms with Gasteiger partial charge in [0.1, 0.15) is 5.60 Å². The number of carbonyl (C=O) groups excluding carboxylic acids is 2. The van der Waals surface area contributed by atoms with E-state index in [-0.39, 0.29) is 5.92 Å². The Kier molecular flexibility index (Phi) is 6.77. The predicted octanol–water partition coefficient (Wildman–Crippen LogP) is 3.91. The molecule has 0 aromatic heterocycles. The summed E-state index contributed by atoms with van der Waals surface area (Å²) in [6.45, 7) is 6.56. The van der Waals surface area contributed by atoms with E-state index in [4.69, 9.17) is 9.47 Å². The fourth-order valence-corrected chi connectivity index (χ4v) is 2.99. The zero-order chi connectivity index (χ0) is 20.4. The molecule has 1 rings (SSSR count). The van der Waals surface area contributed by atoms with Crippen LogP contribution in [0.4, 0.5) is 13.2 Å². The van der Waals surface area contributed by atoms with Gasteiger partial charge in [0, 0.05) is 0 Å². The highest BCUT2D eigenvalue weighted by Gasteiger charge is 2.52.